The van der Waals surface area contributed by atoms with Gasteiger partial charge in [-0.15, -0.1) is 0 Å². The first kappa shape index (κ1) is 20.1. The smallest absolute Gasteiger partial charge is 0.264 e. The van der Waals surface area contributed by atoms with Crippen LogP contribution in [0, 0.1) is 3.57 Å². The summed E-state index contributed by atoms with van der Waals surface area (Å²) < 4.78 is 1.01. The first-order valence-corrected chi connectivity index (χ1v) is 10.5. The minimum atomic E-state index is -1.90. The van der Waals surface area contributed by atoms with Gasteiger partial charge in [-0.25, -0.2) is 0 Å². The van der Waals surface area contributed by atoms with Gasteiger partial charge < -0.3 is 10.0 Å². The van der Waals surface area contributed by atoms with E-state index in [-0.39, 0.29) is 18.7 Å². The highest BCUT2D eigenvalue weighted by Crippen LogP contribution is 2.43. The second-order valence-electron chi connectivity index (χ2n) is 6.97. The molecule has 0 radical (unpaired) electrons. The van der Waals surface area contributed by atoms with Crippen LogP contribution in [0.25, 0.3) is 0 Å². The molecule has 1 aliphatic rings. The highest BCUT2D eigenvalue weighted by molar-refractivity contribution is 14.1. The number of amides is 1. The Morgan fingerprint density at radius 2 is 1.66 bits per heavy atom. The molecule has 1 aliphatic heterocycles. The summed E-state index contributed by atoms with van der Waals surface area (Å²) in [5.74, 6) is -0.802. The van der Waals surface area contributed by atoms with E-state index in [1.54, 1.807) is 42.5 Å². The van der Waals surface area contributed by atoms with Crippen molar-refractivity contribution in [1.82, 2.24) is 0 Å². The Kier molecular flexibility index (Phi) is 5.46. The van der Waals surface area contributed by atoms with Crippen molar-refractivity contribution in [3.8, 4) is 0 Å². The molecule has 3 aromatic rings. The number of carbonyl (C=O) groups excluding carboxylic acids is 2. The fourth-order valence-corrected chi connectivity index (χ4v) is 4.16. The van der Waals surface area contributed by atoms with E-state index in [0.29, 0.717) is 21.8 Å². The number of nitrogens with zero attached hydrogens (tertiary/aromatic N) is 1. The lowest BCUT2D eigenvalue weighted by atomic mass is 9.88. The molecule has 1 N–H and O–H groups in total. The molecule has 0 bridgehead atoms. The molecule has 0 aliphatic carbocycles. The van der Waals surface area contributed by atoms with Crippen LogP contribution < -0.4 is 4.90 Å². The van der Waals surface area contributed by atoms with Crippen molar-refractivity contribution in [2.75, 3.05) is 4.90 Å². The van der Waals surface area contributed by atoms with Crippen molar-refractivity contribution in [1.29, 1.82) is 0 Å². The molecule has 0 aromatic heterocycles. The first-order valence-electron chi connectivity index (χ1n) is 9.06. The SMILES string of the molecule is O=C(CC1(O)C(=O)N(Cc2ccccc2Cl)c2ccccc21)c1ccc(I)cc1. The monoisotopic (exact) mass is 517 g/mol. The maximum absolute atomic E-state index is 13.3. The lowest BCUT2D eigenvalue weighted by molar-refractivity contribution is -0.136. The van der Waals surface area contributed by atoms with Gasteiger partial charge in [0.05, 0.1) is 18.7 Å². The molecule has 3 aromatic carbocycles. The van der Waals surface area contributed by atoms with Gasteiger partial charge in [-0.1, -0.05) is 60.1 Å². The lowest BCUT2D eigenvalue weighted by Crippen LogP contribution is -2.41. The van der Waals surface area contributed by atoms with Crippen LogP contribution in [0.3, 0.4) is 0 Å². The number of anilines is 1. The van der Waals surface area contributed by atoms with Crippen LogP contribution in [0.4, 0.5) is 5.69 Å². The average molecular weight is 518 g/mol. The van der Waals surface area contributed by atoms with E-state index in [2.05, 4.69) is 22.6 Å². The Balaban J connectivity index is 1.69. The fourth-order valence-electron chi connectivity index (χ4n) is 3.60. The molecule has 6 heteroatoms. The van der Waals surface area contributed by atoms with E-state index in [1.165, 1.54) is 4.90 Å². The van der Waals surface area contributed by atoms with Gasteiger partial charge in [0.15, 0.2) is 11.4 Å². The largest absolute Gasteiger partial charge is 0.375 e. The van der Waals surface area contributed by atoms with E-state index >= 15 is 0 Å². The normalized spacial score (nSPS) is 18.0. The molecule has 1 atom stereocenters. The number of para-hydroxylation sites is 1. The summed E-state index contributed by atoms with van der Waals surface area (Å²) >= 11 is 8.43. The van der Waals surface area contributed by atoms with Crippen LogP contribution >= 0.6 is 34.2 Å². The maximum atomic E-state index is 13.3. The number of fused-ring (bicyclic) bond motifs is 1. The predicted octanol–water partition coefficient (Wildman–Crippen LogP) is 4.95. The number of rotatable bonds is 5. The average Bonchev–Trinajstić information content (AvgIpc) is 2.92. The first-order chi connectivity index (χ1) is 13.9. The number of carbonyl (C=O) groups is 2. The summed E-state index contributed by atoms with van der Waals surface area (Å²) in [7, 11) is 0. The van der Waals surface area contributed by atoms with Gasteiger partial charge in [-0.3, -0.25) is 9.59 Å². The van der Waals surface area contributed by atoms with Crippen LogP contribution in [-0.2, 0) is 16.9 Å². The van der Waals surface area contributed by atoms with Crippen LogP contribution in [0.5, 0.6) is 0 Å². The summed E-state index contributed by atoms with van der Waals surface area (Å²) in [6.07, 6.45) is -0.317. The zero-order chi connectivity index (χ0) is 20.6. The number of hydrogen-bond acceptors (Lipinski definition) is 3. The second-order valence-corrected chi connectivity index (χ2v) is 8.62. The molecule has 0 fully saturated rings. The van der Waals surface area contributed by atoms with E-state index in [4.69, 9.17) is 11.6 Å². The summed E-state index contributed by atoms with van der Waals surface area (Å²) in [6, 6.07) is 21.4. The molecule has 1 unspecified atom stereocenters. The number of halogens is 2. The Morgan fingerprint density at radius 1 is 1.00 bits per heavy atom. The third kappa shape index (κ3) is 3.70. The number of benzene rings is 3. The molecule has 146 valence electrons. The molecule has 1 amide bonds. The molecule has 4 nitrogen and oxygen atoms in total. The molecular formula is C23H17ClINO3. The number of ketones is 1. The fraction of sp³-hybridized carbons (Fsp3) is 0.130. The zero-order valence-corrected chi connectivity index (χ0v) is 18.2. The van der Waals surface area contributed by atoms with E-state index in [1.807, 2.05) is 30.3 Å². The standard InChI is InChI=1S/C23H17ClINO3/c24-19-7-3-1-5-16(19)14-26-20-8-4-2-6-18(20)23(29,22(26)28)13-21(27)15-9-11-17(25)12-10-15/h1-12,29H,13-14H2. The molecule has 4 rings (SSSR count). The summed E-state index contributed by atoms with van der Waals surface area (Å²) in [5.41, 5.74) is 0.364. The lowest BCUT2D eigenvalue weighted by Gasteiger charge is -2.23. The van der Waals surface area contributed by atoms with Crippen LogP contribution in [-0.4, -0.2) is 16.8 Å². The quantitative estimate of drug-likeness (QED) is 0.385. The van der Waals surface area contributed by atoms with Crippen molar-refractivity contribution in [3.05, 3.63) is 98.1 Å². The summed E-state index contributed by atoms with van der Waals surface area (Å²) in [5, 5.41) is 11.9. The molecule has 1 heterocycles. The van der Waals surface area contributed by atoms with Gasteiger partial charge in [0.2, 0.25) is 0 Å². The van der Waals surface area contributed by atoms with Gasteiger partial charge in [0.1, 0.15) is 0 Å². The highest BCUT2D eigenvalue weighted by Gasteiger charge is 2.50. The van der Waals surface area contributed by atoms with E-state index in [9.17, 15) is 14.7 Å². The van der Waals surface area contributed by atoms with E-state index < -0.39 is 11.5 Å². The summed E-state index contributed by atoms with van der Waals surface area (Å²) in [4.78, 5) is 27.6. The minimum absolute atomic E-state index is 0.218. The van der Waals surface area contributed by atoms with Gasteiger partial charge in [-0.05, 0) is 52.4 Å². The zero-order valence-electron chi connectivity index (χ0n) is 15.3. The molecular weight excluding hydrogens is 501 g/mol. The van der Waals surface area contributed by atoms with E-state index in [0.717, 1.165) is 9.13 Å². The van der Waals surface area contributed by atoms with Crippen molar-refractivity contribution in [2.24, 2.45) is 0 Å². The molecule has 0 spiro atoms. The highest BCUT2D eigenvalue weighted by atomic mass is 127. The van der Waals surface area contributed by atoms with Crippen LogP contribution in [0.15, 0.2) is 72.8 Å². The van der Waals surface area contributed by atoms with Crippen molar-refractivity contribution in [3.63, 3.8) is 0 Å². The second kappa shape index (κ2) is 7.89. The Bertz CT molecular complexity index is 1100. The Labute approximate surface area is 187 Å². The minimum Gasteiger partial charge on any atom is -0.375 e. The number of hydrogen-bond donors (Lipinski definition) is 1. The van der Waals surface area contributed by atoms with Gasteiger partial charge in [0.25, 0.3) is 5.91 Å². The van der Waals surface area contributed by atoms with Gasteiger partial charge in [0, 0.05) is 19.7 Å². The van der Waals surface area contributed by atoms with Crippen LogP contribution in [0.2, 0.25) is 5.02 Å². The molecule has 0 saturated carbocycles. The van der Waals surface area contributed by atoms with Gasteiger partial charge >= 0.3 is 0 Å². The summed E-state index contributed by atoms with van der Waals surface area (Å²) in [6.45, 7) is 0.218. The number of Topliss-reactive ketones (excluding diaryl/α,β-unsaturated/α-hetero) is 1. The number of aliphatic hydroxyl groups is 1. The molecule has 0 saturated heterocycles. The van der Waals surface area contributed by atoms with Crippen molar-refractivity contribution < 1.29 is 14.7 Å². The van der Waals surface area contributed by atoms with Crippen LogP contribution in [0.1, 0.15) is 27.9 Å². The predicted molar refractivity (Wildman–Crippen MR) is 121 cm³/mol. The maximum Gasteiger partial charge on any atom is 0.264 e. The van der Waals surface area contributed by atoms with Gasteiger partial charge in [-0.2, -0.15) is 0 Å². The van der Waals surface area contributed by atoms with Crippen molar-refractivity contribution in [2.45, 2.75) is 18.6 Å². The molecule has 29 heavy (non-hydrogen) atoms. The third-order valence-corrected chi connectivity index (χ3v) is 6.20. The topological polar surface area (TPSA) is 57.6 Å². The Hall–Kier alpha value is -2.22. The van der Waals surface area contributed by atoms with Crippen molar-refractivity contribution >= 4 is 51.6 Å². The third-order valence-electron chi connectivity index (χ3n) is 5.11. The Morgan fingerprint density at radius 3 is 2.38 bits per heavy atom.